The van der Waals surface area contributed by atoms with Crippen LogP contribution in [-0.4, -0.2) is 54.4 Å². The minimum Gasteiger partial charge on any atom is -0.366 e. The van der Waals surface area contributed by atoms with Gasteiger partial charge in [0.15, 0.2) is 0 Å². The third-order valence-electron chi connectivity index (χ3n) is 5.47. The Kier molecular flexibility index (Phi) is 6.84. The second-order valence-corrected chi connectivity index (χ2v) is 7.46. The number of carbonyl (C=O) groups excluding carboxylic acids is 2. The number of nitrogens with zero attached hydrogens (tertiary/aromatic N) is 3. The molecule has 0 bridgehead atoms. The van der Waals surface area contributed by atoms with Crippen LogP contribution in [0.4, 0.5) is 11.4 Å². The molecule has 152 valence electrons. The van der Waals surface area contributed by atoms with Crippen LogP contribution in [0.15, 0.2) is 18.2 Å². The van der Waals surface area contributed by atoms with Gasteiger partial charge in [0.05, 0.1) is 4.92 Å². The first-order valence-corrected chi connectivity index (χ1v) is 10.2. The number of hydrogen-bond donors (Lipinski definition) is 1. The summed E-state index contributed by atoms with van der Waals surface area (Å²) in [4.78, 5) is 39.4. The van der Waals surface area contributed by atoms with Crippen molar-refractivity contribution < 1.29 is 14.5 Å². The Morgan fingerprint density at radius 1 is 1.07 bits per heavy atom. The van der Waals surface area contributed by atoms with Crippen molar-refractivity contribution in [2.24, 2.45) is 0 Å². The van der Waals surface area contributed by atoms with Crippen molar-refractivity contribution in [3.05, 3.63) is 33.9 Å². The summed E-state index contributed by atoms with van der Waals surface area (Å²) in [5.41, 5.74) is 0.823. The fraction of sp³-hybridized carbons (Fsp3) is 0.600. The van der Waals surface area contributed by atoms with Crippen LogP contribution in [0.2, 0.25) is 0 Å². The molecule has 0 spiro atoms. The molecule has 8 nitrogen and oxygen atoms in total. The van der Waals surface area contributed by atoms with E-state index < -0.39 is 4.92 Å². The summed E-state index contributed by atoms with van der Waals surface area (Å²) in [6.45, 7) is 3.14. The highest BCUT2D eigenvalue weighted by molar-refractivity contribution is 5.95. The van der Waals surface area contributed by atoms with Crippen LogP contribution in [-0.2, 0) is 4.79 Å². The van der Waals surface area contributed by atoms with E-state index in [4.69, 9.17) is 0 Å². The van der Waals surface area contributed by atoms with Crippen molar-refractivity contribution in [2.45, 2.75) is 44.9 Å². The molecular formula is C20H28N4O4. The lowest BCUT2D eigenvalue weighted by Gasteiger charge is -2.28. The molecule has 2 saturated heterocycles. The van der Waals surface area contributed by atoms with Crippen molar-refractivity contribution in [1.82, 2.24) is 10.2 Å². The zero-order valence-electron chi connectivity index (χ0n) is 16.2. The van der Waals surface area contributed by atoms with E-state index in [2.05, 4.69) is 5.32 Å². The molecule has 0 atom stereocenters. The first-order valence-electron chi connectivity index (χ1n) is 10.2. The maximum atomic E-state index is 12.4. The van der Waals surface area contributed by atoms with Gasteiger partial charge in [0.1, 0.15) is 5.69 Å². The topological polar surface area (TPSA) is 95.8 Å². The van der Waals surface area contributed by atoms with Crippen molar-refractivity contribution in [3.63, 3.8) is 0 Å². The van der Waals surface area contributed by atoms with E-state index in [0.29, 0.717) is 25.2 Å². The van der Waals surface area contributed by atoms with Crippen molar-refractivity contribution in [1.29, 1.82) is 0 Å². The third kappa shape index (κ3) is 4.99. The molecule has 0 unspecified atom stereocenters. The molecule has 0 saturated carbocycles. The summed E-state index contributed by atoms with van der Waals surface area (Å²) in [5.74, 6) is -0.219. The van der Waals surface area contributed by atoms with Crippen LogP contribution in [0.3, 0.4) is 0 Å². The molecule has 2 aliphatic rings. The Labute approximate surface area is 165 Å². The van der Waals surface area contributed by atoms with Gasteiger partial charge in [-0.15, -0.1) is 0 Å². The molecule has 2 aliphatic heterocycles. The van der Waals surface area contributed by atoms with Crippen molar-refractivity contribution in [2.75, 3.05) is 37.6 Å². The Balaban J connectivity index is 1.62. The lowest BCUT2D eigenvalue weighted by molar-refractivity contribution is -0.384. The lowest BCUT2D eigenvalue weighted by Crippen LogP contribution is -2.38. The molecule has 1 aromatic rings. The second kappa shape index (κ2) is 9.52. The van der Waals surface area contributed by atoms with E-state index in [1.807, 2.05) is 4.90 Å². The van der Waals surface area contributed by atoms with Gasteiger partial charge < -0.3 is 15.1 Å². The summed E-state index contributed by atoms with van der Waals surface area (Å²) in [7, 11) is 0. The highest BCUT2D eigenvalue weighted by Gasteiger charge is 2.23. The van der Waals surface area contributed by atoms with Crippen LogP contribution in [0.1, 0.15) is 55.3 Å². The van der Waals surface area contributed by atoms with E-state index >= 15 is 0 Å². The molecule has 8 heteroatoms. The Hall–Kier alpha value is -2.64. The number of hydrogen-bond acceptors (Lipinski definition) is 5. The van der Waals surface area contributed by atoms with Crippen LogP contribution in [0.5, 0.6) is 0 Å². The maximum absolute atomic E-state index is 12.4. The Morgan fingerprint density at radius 3 is 2.54 bits per heavy atom. The molecule has 1 aromatic carbocycles. The number of likely N-dealkylation sites (tertiary alicyclic amines) is 1. The van der Waals surface area contributed by atoms with Gasteiger partial charge in [-0.3, -0.25) is 19.7 Å². The van der Waals surface area contributed by atoms with Crippen molar-refractivity contribution >= 4 is 23.2 Å². The molecule has 0 aliphatic carbocycles. The molecule has 0 radical (unpaired) electrons. The molecule has 2 amide bonds. The molecule has 3 rings (SSSR count). The van der Waals surface area contributed by atoms with E-state index in [-0.39, 0.29) is 23.1 Å². The number of carbonyl (C=O) groups is 2. The zero-order chi connectivity index (χ0) is 19.9. The Bertz CT molecular complexity index is 731. The van der Waals surface area contributed by atoms with Gasteiger partial charge in [0.2, 0.25) is 5.91 Å². The SMILES string of the molecule is O=C(NCCN1CCCCCC1=O)c1ccc(N2CCCCC2)c([N+](=O)[O-])c1. The number of benzene rings is 1. The average molecular weight is 388 g/mol. The van der Waals surface area contributed by atoms with Gasteiger partial charge in [-0.05, 0) is 44.2 Å². The molecular weight excluding hydrogens is 360 g/mol. The number of anilines is 1. The first-order chi connectivity index (χ1) is 13.6. The highest BCUT2D eigenvalue weighted by Crippen LogP contribution is 2.31. The van der Waals surface area contributed by atoms with Crippen molar-refractivity contribution in [3.8, 4) is 0 Å². The van der Waals surface area contributed by atoms with Gasteiger partial charge in [0, 0.05) is 50.8 Å². The predicted molar refractivity (Wildman–Crippen MR) is 107 cm³/mol. The summed E-state index contributed by atoms with van der Waals surface area (Å²) in [6, 6.07) is 4.68. The van der Waals surface area contributed by atoms with Crippen LogP contribution in [0, 0.1) is 10.1 Å². The summed E-state index contributed by atoms with van der Waals surface area (Å²) < 4.78 is 0. The monoisotopic (exact) mass is 388 g/mol. The highest BCUT2D eigenvalue weighted by atomic mass is 16.6. The van der Waals surface area contributed by atoms with Gasteiger partial charge in [-0.1, -0.05) is 6.42 Å². The Morgan fingerprint density at radius 2 is 1.79 bits per heavy atom. The third-order valence-corrected chi connectivity index (χ3v) is 5.47. The number of nitrogens with one attached hydrogen (secondary N) is 1. The van der Waals surface area contributed by atoms with Gasteiger partial charge in [0.25, 0.3) is 11.6 Å². The first kappa shape index (κ1) is 20.1. The van der Waals surface area contributed by atoms with Crippen LogP contribution >= 0.6 is 0 Å². The standard InChI is InChI=1S/C20H28N4O4/c25-19-7-3-1-4-13-23(19)14-10-21-20(26)16-8-9-17(18(15-16)24(27)28)22-11-5-2-6-12-22/h8-9,15H,1-7,10-14H2,(H,21,26). The molecule has 0 aromatic heterocycles. The zero-order valence-corrected chi connectivity index (χ0v) is 16.2. The number of rotatable bonds is 6. The van der Waals surface area contributed by atoms with E-state index in [1.165, 1.54) is 6.07 Å². The summed E-state index contributed by atoms with van der Waals surface area (Å²) >= 11 is 0. The molecule has 1 N–H and O–H groups in total. The minimum atomic E-state index is -0.420. The summed E-state index contributed by atoms with van der Waals surface area (Å²) in [6.07, 6.45) is 6.73. The average Bonchev–Trinajstić information content (AvgIpc) is 2.92. The lowest BCUT2D eigenvalue weighted by atomic mass is 10.1. The smallest absolute Gasteiger partial charge is 0.293 e. The number of amides is 2. The quantitative estimate of drug-likeness (QED) is 0.597. The fourth-order valence-corrected chi connectivity index (χ4v) is 3.89. The normalized spacial score (nSPS) is 17.9. The fourth-order valence-electron chi connectivity index (χ4n) is 3.89. The predicted octanol–water partition coefficient (Wildman–Crippen LogP) is 2.72. The van der Waals surface area contributed by atoms with Crippen LogP contribution in [0.25, 0.3) is 0 Å². The molecule has 2 heterocycles. The van der Waals surface area contributed by atoms with E-state index in [1.54, 1.807) is 17.0 Å². The van der Waals surface area contributed by atoms with E-state index in [9.17, 15) is 19.7 Å². The maximum Gasteiger partial charge on any atom is 0.293 e. The number of nitro groups is 1. The summed E-state index contributed by atoms with van der Waals surface area (Å²) in [5, 5.41) is 14.3. The van der Waals surface area contributed by atoms with E-state index in [0.717, 1.165) is 58.2 Å². The molecule has 28 heavy (non-hydrogen) atoms. The number of nitro benzene ring substituents is 1. The second-order valence-electron chi connectivity index (χ2n) is 7.46. The largest absolute Gasteiger partial charge is 0.366 e. The van der Waals surface area contributed by atoms with Gasteiger partial charge in [-0.25, -0.2) is 0 Å². The van der Waals surface area contributed by atoms with Crippen LogP contribution < -0.4 is 10.2 Å². The molecule has 2 fully saturated rings. The minimum absolute atomic E-state index is 0.0303. The van der Waals surface area contributed by atoms with Gasteiger partial charge >= 0.3 is 0 Å². The van der Waals surface area contributed by atoms with Gasteiger partial charge in [-0.2, -0.15) is 0 Å². The number of piperidine rings is 1.